The highest BCUT2D eigenvalue weighted by molar-refractivity contribution is 7.99. The molecule has 2 heterocycles. The van der Waals surface area contributed by atoms with E-state index in [1.807, 2.05) is 48.1 Å². The smallest absolute Gasteiger partial charge is 0.341 e. The first-order valence-electron chi connectivity index (χ1n) is 10.2. The molecule has 0 radical (unpaired) electrons. The van der Waals surface area contributed by atoms with Gasteiger partial charge in [0.05, 0.1) is 23.6 Å². The summed E-state index contributed by atoms with van der Waals surface area (Å²) in [6.45, 7) is 6.00. The SMILES string of the molecule is CCOC(=O)c1c(C2CC2)csc1NC(=O)CSc1nnc(C)n1-c1ccccc1C. The van der Waals surface area contributed by atoms with E-state index in [-0.39, 0.29) is 17.6 Å². The lowest BCUT2D eigenvalue weighted by molar-refractivity contribution is -0.113. The molecular weight excluding hydrogens is 432 g/mol. The first-order chi connectivity index (χ1) is 15.0. The van der Waals surface area contributed by atoms with Gasteiger partial charge in [0.15, 0.2) is 5.16 Å². The summed E-state index contributed by atoms with van der Waals surface area (Å²) in [5.74, 6) is 0.740. The largest absolute Gasteiger partial charge is 0.462 e. The standard InChI is InChI=1S/C22H24N4O3S2/c1-4-29-21(28)19-16(15-9-10-15)11-30-20(19)23-18(27)12-31-22-25-24-14(3)26(22)17-8-6-5-7-13(17)2/h5-8,11,15H,4,9-10,12H2,1-3H3,(H,23,27). The van der Waals surface area contributed by atoms with Crippen molar-refractivity contribution < 1.29 is 14.3 Å². The Bertz CT molecular complexity index is 1120. The van der Waals surface area contributed by atoms with Gasteiger partial charge in [0.2, 0.25) is 5.91 Å². The topological polar surface area (TPSA) is 86.1 Å². The summed E-state index contributed by atoms with van der Waals surface area (Å²) in [7, 11) is 0. The molecule has 2 aromatic heterocycles. The summed E-state index contributed by atoms with van der Waals surface area (Å²) in [5, 5.41) is 14.5. The predicted octanol–water partition coefficient (Wildman–Crippen LogP) is 4.73. The molecule has 0 spiro atoms. The Hall–Kier alpha value is -2.65. The normalized spacial score (nSPS) is 13.3. The van der Waals surface area contributed by atoms with Gasteiger partial charge < -0.3 is 10.1 Å². The molecule has 1 N–H and O–H groups in total. The molecule has 4 rings (SSSR count). The Morgan fingerprint density at radius 2 is 2.03 bits per heavy atom. The van der Waals surface area contributed by atoms with E-state index in [0.29, 0.717) is 28.2 Å². The number of carbonyl (C=O) groups is 2. The maximum absolute atomic E-state index is 12.7. The number of thiophene rings is 1. The number of hydrogen-bond donors (Lipinski definition) is 1. The average Bonchev–Trinajstić information content (AvgIpc) is 3.41. The van der Waals surface area contributed by atoms with Gasteiger partial charge in [0.25, 0.3) is 0 Å². The van der Waals surface area contributed by atoms with E-state index in [2.05, 4.69) is 15.5 Å². The van der Waals surface area contributed by atoms with Crippen LogP contribution in [0.25, 0.3) is 5.69 Å². The molecule has 1 amide bonds. The van der Waals surface area contributed by atoms with E-state index >= 15 is 0 Å². The lowest BCUT2D eigenvalue weighted by Gasteiger charge is -2.11. The van der Waals surface area contributed by atoms with E-state index in [0.717, 1.165) is 35.5 Å². The van der Waals surface area contributed by atoms with Crippen LogP contribution in [0, 0.1) is 13.8 Å². The Balaban J connectivity index is 1.48. The number of rotatable bonds is 8. The highest BCUT2D eigenvalue weighted by Gasteiger charge is 2.32. The van der Waals surface area contributed by atoms with Gasteiger partial charge in [-0.15, -0.1) is 21.5 Å². The molecule has 31 heavy (non-hydrogen) atoms. The minimum atomic E-state index is -0.372. The number of anilines is 1. The van der Waals surface area contributed by atoms with E-state index in [9.17, 15) is 9.59 Å². The summed E-state index contributed by atoms with van der Waals surface area (Å²) in [6.07, 6.45) is 2.14. The first-order valence-corrected chi connectivity index (χ1v) is 12.0. The van der Waals surface area contributed by atoms with Gasteiger partial charge in [-0.3, -0.25) is 9.36 Å². The van der Waals surface area contributed by atoms with Crippen LogP contribution in [0.2, 0.25) is 0 Å². The number of carbonyl (C=O) groups excluding carboxylic acids is 2. The third-order valence-corrected chi connectivity index (χ3v) is 6.90. The number of para-hydroxylation sites is 1. The van der Waals surface area contributed by atoms with Gasteiger partial charge in [0.1, 0.15) is 10.8 Å². The molecule has 1 aliphatic rings. The zero-order valence-electron chi connectivity index (χ0n) is 17.7. The fraction of sp³-hybridized carbons (Fsp3) is 0.364. The summed E-state index contributed by atoms with van der Waals surface area (Å²) < 4.78 is 7.18. The van der Waals surface area contributed by atoms with Gasteiger partial charge in [-0.1, -0.05) is 30.0 Å². The maximum atomic E-state index is 12.7. The van der Waals surface area contributed by atoms with Gasteiger partial charge in [-0.25, -0.2) is 4.79 Å². The molecule has 3 aromatic rings. The van der Waals surface area contributed by atoms with E-state index in [4.69, 9.17) is 4.74 Å². The molecule has 1 fully saturated rings. The second-order valence-corrected chi connectivity index (χ2v) is 9.20. The number of nitrogens with zero attached hydrogens (tertiary/aromatic N) is 3. The lowest BCUT2D eigenvalue weighted by atomic mass is 10.1. The molecule has 0 saturated heterocycles. The number of thioether (sulfide) groups is 1. The van der Waals surface area contributed by atoms with Crippen molar-refractivity contribution in [1.29, 1.82) is 0 Å². The number of nitrogens with one attached hydrogen (secondary N) is 1. The summed E-state index contributed by atoms with van der Waals surface area (Å²) >= 11 is 2.69. The third-order valence-electron chi connectivity index (χ3n) is 5.05. The number of hydrogen-bond acceptors (Lipinski definition) is 7. The van der Waals surface area contributed by atoms with E-state index in [1.54, 1.807) is 6.92 Å². The predicted molar refractivity (Wildman–Crippen MR) is 122 cm³/mol. The molecule has 1 aromatic carbocycles. The van der Waals surface area contributed by atoms with Crippen molar-refractivity contribution in [2.75, 3.05) is 17.7 Å². The third kappa shape index (κ3) is 4.67. The highest BCUT2D eigenvalue weighted by atomic mass is 32.2. The van der Waals surface area contributed by atoms with Crippen molar-refractivity contribution >= 4 is 40.0 Å². The van der Waals surface area contributed by atoms with Crippen molar-refractivity contribution in [1.82, 2.24) is 14.8 Å². The molecule has 0 atom stereocenters. The van der Waals surface area contributed by atoms with Crippen LogP contribution in [0.5, 0.6) is 0 Å². The highest BCUT2D eigenvalue weighted by Crippen LogP contribution is 2.46. The lowest BCUT2D eigenvalue weighted by Crippen LogP contribution is -2.17. The Labute approximate surface area is 189 Å². The number of amides is 1. The molecular formula is C22H24N4O3S2. The van der Waals surface area contributed by atoms with Crippen LogP contribution >= 0.6 is 23.1 Å². The molecule has 0 aliphatic heterocycles. The summed E-state index contributed by atoms with van der Waals surface area (Å²) in [6, 6.07) is 7.98. The van der Waals surface area contributed by atoms with Crippen LogP contribution < -0.4 is 5.32 Å². The van der Waals surface area contributed by atoms with Gasteiger partial charge in [-0.2, -0.15) is 0 Å². The van der Waals surface area contributed by atoms with Crippen LogP contribution in [0.15, 0.2) is 34.8 Å². The maximum Gasteiger partial charge on any atom is 0.341 e. The van der Waals surface area contributed by atoms with E-state index in [1.165, 1.54) is 23.1 Å². The summed E-state index contributed by atoms with van der Waals surface area (Å²) in [5.41, 5.74) is 3.58. The number of aromatic nitrogens is 3. The molecule has 7 nitrogen and oxygen atoms in total. The quantitative estimate of drug-likeness (QED) is 0.390. The Morgan fingerprint density at radius 1 is 1.26 bits per heavy atom. The van der Waals surface area contributed by atoms with Gasteiger partial charge >= 0.3 is 5.97 Å². The van der Waals surface area contributed by atoms with Gasteiger partial charge in [0, 0.05) is 0 Å². The number of esters is 1. The zero-order chi connectivity index (χ0) is 22.0. The van der Waals surface area contributed by atoms with Crippen LogP contribution in [0.3, 0.4) is 0 Å². The van der Waals surface area contributed by atoms with Crippen molar-refractivity contribution in [3.63, 3.8) is 0 Å². The minimum absolute atomic E-state index is 0.156. The first kappa shape index (κ1) is 21.6. The number of benzene rings is 1. The van der Waals surface area contributed by atoms with E-state index < -0.39 is 0 Å². The molecule has 1 saturated carbocycles. The fourth-order valence-corrected chi connectivity index (χ4v) is 5.23. The molecule has 162 valence electrons. The van der Waals surface area contributed by atoms with Crippen molar-refractivity contribution in [3.8, 4) is 5.69 Å². The average molecular weight is 457 g/mol. The Morgan fingerprint density at radius 3 is 2.74 bits per heavy atom. The second-order valence-electron chi connectivity index (χ2n) is 7.38. The number of ether oxygens (including phenoxy) is 1. The van der Waals surface area contributed by atoms with Crippen LogP contribution in [-0.4, -0.2) is 39.0 Å². The molecule has 0 unspecified atom stereocenters. The second kappa shape index (κ2) is 9.23. The zero-order valence-corrected chi connectivity index (χ0v) is 19.3. The van der Waals surface area contributed by atoms with Crippen molar-refractivity contribution in [2.24, 2.45) is 0 Å². The van der Waals surface area contributed by atoms with Crippen LogP contribution in [-0.2, 0) is 9.53 Å². The summed E-state index contributed by atoms with van der Waals surface area (Å²) in [4.78, 5) is 25.2. The van der Waals surface area contributed by atoms with Gasteiger partial charge in [-0.05, 0) is 62.1 Å². The fourth-order valence-electron chi connectivity index (χ4n) is 3.39. The Kier molecular flexibility index (Phi) is 6.43. The minimum Gasteiger partial charge on any atom is -0.462 e. The van der Waals surface area contributed by atoms with Crippen molar-refractivity contribution in [3.05, 3.63) is 52.2 Å². The molecule has 0 bridgehead atoms. The van der Waals surface area contributed by atoms with Crippen LogP contribution in [0.4, 0.5) is 5.00 Å². The molecule has 1 aliphatic carbocycles. The monoisotopic (exact) mass is 456 g/mol. The van der Waals surface area contributed by atoms with Crippen LogP contribution in [0.1, 0.15) is 53.0 Å². The number of aryl methyl sites for hydroxylation is 2. The van der Waals surface area contributed by atoms with Crippen molar-refractivity contribution in [2.45, 2.75) is 44.7 Å². The molecule has 9 heteroatoms.